The average molecular weight is 351 g/mol. The first kappa shape index (κ1) is 15.4. The second kappa shape index (κ2) is 6.73. The minimum Gasteiger partial charge on any atom is -0.304 e. The van der Waals surface area contributed by atoms with Crippen LogP contribution in [0, 0.1) is 0 Å². The van der Waals surface area contributed by atoms with Crippen molar-refractivity contribution in [3.05, 3.63) is 64.1 Å². The van der Waals surface area contributed by atoms with Gasteiger partial charge in [-0.1, -0.05) is 53.2 Å². The highest BCUT2D eigenvalue weighted by atomic mass is 35.5. The molecule has 1 heterocycles. The number of benzene rings is 2. The van der Waals surface area contributed by atoms with Crippen LogP contribution in [0.15, 0.2) is 53.5 Å². The summed E-state index contributed by atoms with van der Waals surface area (Å²) in [7, 11) is 0. The third kappa shape index (κ3) is 3.64. The van der Waals surface area contributed by atoms with Crippen LogP contribution < -0.4 is 5.32 Å². The van der Waals surface area contributed by atoms with E-state index in [1.165, 1.54) is 11.8 Å². The lowest BCUT2D eigenvalue weighted by Crippen LogP contribution is -2.26. The highest BCUT2D eigenvalue weighted by Crippen LogP contribution is 2.29. The SMILES string of the molecule is O=C1NC(=Nc2ccccc2)S[C@@H]1Cc1cc(Cl)ccc1Cl. The number of amidine groups is 1. The van der Waals surface area contributed by atoms with Crippen molar-refractivity contribution in [2.45, 2.75) is 11.7 Å². The maximum Gasteiger partial charge on any atom is 0.239 e. The predicted molar refractivity (Wildman–Crippen MR) is 93.2 cm³/mol. The quantitative estimate of drug-likeness (QED) is 0.887. The van der Waals surface area contributed by atoms with Crippen molar-refractivity contribution < 1.29 is 4.79 Å². The van der Waals surface area contributed by atoms with Crippen LogP contribution >= 0.6 is 35.0 Å². The summed E-state index contributed by atoms with van der Waals surface area (Å²) < 4.78 is 0. The molecule has 1 amide bonds. The van der Waals surface area contributed by atoms with E-state index in [1.54, 1.807) is 18.2 Å². The number of hydrogen-bond donors (Lipinski definition) is 1. The number of rotatable bonds is 3. The highest BCUT2D eigenvalue weighted by Gasteiger charge is 2.30. The molecule has 1 atom stereocenters. The number of nitrogens with one attached hydrogen (secondary N) is 1. The van der Waals surface area contributed by atoms with Gasteiger partial charge >= 0.3 is 0 Å². The Balaban J connectivity index is 1.75. The van der Waals surface area contributed by atoms with E-state index in [0.29, 0.717) is 21.6 Å². The van der Waals surface area contributed by atoms with E-state index in [0.717, 1.165) is 11.3 Å². The first-order chi connectivity index (χ1) is 10.6. The van der Waals surface area contributed by atoms with Crippen molar-refractivity contribution in [3.8, 4) is 0 Å². The van der Waals surface area contributed by atoms with Crippen LogP contribution in [0.1, 0.15) is 5.56 Å². The number of aliphatic imine (C=N–C) groups is 1. The third-order valence-electron chi connectivity index (χ3n) is 3.18. The molecule has 0 unspecified atom stereocenters. The van der Waals surface area contributed by atoms with E-state index in [-0.39, 0.29) is 11.2 Å². The van der Waals surface area contributed by atoms with Gasteiger partial charge in [0.1, 0.15) is 0 Å². The monoisotopic (exact) mass is 350 g/mol. The zero-order valence-electron chi connectivity index (χ0n) is 11.4. The molecule has 1 aliphatic heterocycles. The molecule has 112 valence electrons. The topological polar surface area (TPSA) is 41.5 Å². The molecule has 22 heavy (non-hydrogen) atoms. The molecule has 0 spiro atoms. The summed E-state index contributed by atoms with van der Waals surface area (Å²) in [4.78, 5) is 16.5. The molecule has 2 aromatic carbocycles. The maximum atomic E-state index is 12.1. The lowest BCUT2D eigenvalue weighted by atomic mass is 10.1. The van der Waals surface area contributed by atoms with E-state index in [2.05, 4.69) is 10.3 Å². The van der Waals surface area contributed by atoms with Gasteiger partial charge in [0.15, 0.2) is 5.17 Å². The summed E-state index contributed by atoms with van der Waals surface area (Å²) in [6, 6.07) is 14.8. The van der Waals surface area contributed by atoms with Gasteiger partial charge in [0.05, 0.1) is 10.9 Å². The maximum absolute atomic E-state index is 12.1. The number of thioether (sulfide) groups is 1. The molecule has 2 aromatic rings. The van der Waals surface area contributed by atoms with Gasteiger partial charge in [-0.2, -0.15) is 0 Å². The molecule has 0 saturated carbocycles. The van der Waals surface area contributed by atoms with Crippen LogP contribution in [0.2, 0.25) is 10.0 Å². The minimum atomic E-state index is -0.251. The number of para-hydroxylation sites is 1. The fourth-order valence-electron chi connectivity index (χ4n) is 2.11. The average Bonchev–Trinajstić information content (AvgIpc) is 2.84. The van der Waals surface area contributed by atoms with E-state index in [4.69, 9.17) is 23.2 Å². The van der Waals surface area contributed by atoms with Crippen LogP contribution in [0.4, 0.5) is 5.69 Å². The number of carbonyl (C=O) groups is 1. The smallest absolute Gasteiger partial charge is 0.239 e. The molecular formula is C16H12Cl2N2OS. The Hall–Kier alpha value is -1.49. The molecular weight excluding hydrogens is 339 g/mol. The van der Waals surface area contributed by atoms with Crippen molar-refractivity contribution in [1.29, 1.82) is 0 Å². The summed E-state index contributed by atoms with van der Waals surface area (Å²) in [5.41, 5.74) is 1.68. The van der Waals surface area contributed by atoms with Gasteiger partial charge in [-0.25, -0.2) is 4.99 Å². The molecule has 1 fully saturated rings. The first-order valence-electron chi connectivity index (χ1n) is 6.67. The van der Waals surface area contributed by atoms with Gasteiger partial charge in [-0.3, -0.25) is 4.79 Å². The van der Waals surface area contributed by atoms with E-state index in [9.17, 15) is 4.79 Å². The van der Waals surface area contributed by atoms with Gasteiger partial charge in [0.25, 0.3) is 0 Å². The third-order valence-corrected chi connectivity index (χ3v) is 4.86. The van der Waals surface area contributed by atoms with Gasteiger partial charge in [-0.15, -0.1) is 0 Å². The molecule has 0 radical (unpaired) electrons. The van der Waals surface area contributed by atoms with E-state index >= 15 is 0 Å². The molecule has 1 aliphatic rings. The Morgan fingerprint density at radius 3 is 2.68 bits per heavy atom. The summed E-state index contributed by atoms with van der Waals surface area (Å²) in [6.07, 6.45) is 0.518. The number of hydrogen-bond acceptors (Lipinski definition) is 3. The predicted octanol–water partition coefficient (Wildman–Crippen LogP) is 4.46. The Labute approximate surface area is 142 Å². The molecule has 0 bridgehead atoms. The Kier molecular flexibility index (Phi) is 4.71. The van der Waals surface area contributed by atoms with E-state index < -0.39 is 0 Å². The van der Waals surface area contributed by atoms with Gasteiger partial charge < -0.3 is 5.32 Å². The summed E-state index contributed by atoms with van der Waals surface area (Å²) in [5.74, 6) is -0.0595. The van der Waals surface area contributed by atoms with Crippen LogP contribution in [0.3, 0.4) is 0 Å². The number of nitrogens with zero attached hydrogens (tertiary/aromatic N) is 1. The van der Waals surface area contributed by atoms with Crippen molar-refractivity contribution in [3.63, 3.8) is 0 Å². The fourth-order valence-corrected chi connectivity index (χ4v) is 3.52. The Morgan fingerprint density at radius 2 is 1.91 bits per heavy atom. The van der Waals surface area contributed by atoms with Crippen molar-refractivity contribution in [1.82, 2.24) is 5.32 Å². The zero-order valence-corrected chi connectivity index (χ0v) is 13.8. The van der Waals surface area contributed by atoms with Crippen LogP contribution in [-0.2, 0) is 11.2 Å². The molecule has 0 aromatic heterocycles. The van der Waals surface area contributed by atoms with Crippen molar-refractivity contribution >= 4 is 51.7 Å². The normalized spacial score (nSPS) is 19.5. The lowest BCUT2D eigenvalue weighted by molar-refractivity contribution is -0.118. The Morgan fingerprint density at radius 1 is 1.14 bits per heavy atom. The number of carbonyl (C=O) groups excluding carboxylic acids is 1. The largest absolute Gasteiger partial charge is 0.304 e. The molecule has 1 saturated heterocycles. The number of halogens is 2. The lowest BCUT2D eigenvalue weighted by Gasteiger charge is -2.07. The molecule has 3 rings (SSSR count). The van der Waals surface area contributed by atoms with Gasteiger partial charge in [0, 0.05) is 10.0 Å². The van der Waals surface area contributed by atoms with Crippen LogP contribution in [0.5, 0.6) is 0 Å². The molecule has 6 heteroatoms. The van der Waals surface area contributed by atoms with Crippen molar-refractivity contribution in [2.75, 3.05) is 0 Å². The zero-order chi connectivity index (χ0) is 15.5. The standard InChI is InChI=1S/C16H12Cl2N2OS/c17-11-6-7-13(18)10(8-11)9-14-15(21)20-16(22-14)19-12-4-2-1-3-5-12/h1-8,14H,9H2,(H,19,20,21)/t14-/m1/s1. The minimum absolute atomic E-state index is 0.0595. The summed E-state index contributed by atoms with van der Waals surface area (Å²) in [6.45, 7) is 0. The van der Waals surface area contributed by atoms with Gasteiger partial charge in [0.2, 0.25) is 5.91 Å². The Bertz CT molecular complexity index is 734. The van der Waals surface area contributed by atoms with E-state index in [1.807, 2.05) is 30.3 Å². The van der Waals surface area contributed by atoms with Gasteiger partial charge in [-0.05, 0) is 42.3 Å². The summed E-state index contributed by atoms with van der Waals surface area (Å²) in [5, 5.41) is 4.39. The second-order valence-corrected chi connectivity index (χ2v) is 6.82. The second-order valence-electron chi connectivity index (χ2n) is 4.79. The van der Waals surface area contributed by atoms with Crippen LogP contribution in [-0.4, -0.2) is 16.3 Å². The fraction of sp³-hybridized carbons (Fsp3) is 0.125. The number of amides is 1. The highest BCUT2D eigenvalue weighted by molar-refractivity contribution is 8.15. The molecule has 1 N–H and O–H groups in total. The first-order valence-corrected chi connectivity index (χ1v) is 8.30. The van der Waals surface area contributed by atoms with Crippen molar-refractivity contribution in [2.24, 2.45) is 4.99 Å². The molecule has 3 nitrogen and oxygen atoms in total. The molecule has 0 aliphatic carbocycles. The summed E-state index contributed by atoms with van der Waals surface area (Å²) >= 11 is 13.6. The van der Waals surface area contributed by atoms with Crippen LogP contribution in [0.25, 0.3) is 0 Å².